The van der Waals surface area contributed by atoms with Gasteiger partial charge < -0.3 is 9.73 Å². The first-order chi connectivity index (χ1) is 11.1. The SMILES string of the molecule is O=C(CSc1nc2cc(Cl)ccc2o1)NCc1cccc(Cl)c1. The first-order valence-corrected chi connectivity index (χ1v) is 8.54. The summed E-state index contributed by atoms with van der Waals surface area (Å²) in [7, 11) is 0. The number of hydrogen-bond acceptors (Lipinski definition) is 4. The van der Waals surface area contributed by atoms with Crippen molar-refractivity contribution < 1.29 is 9.21 Å². The number of carbonyl (C=O) groups is 1. The van der Waals surface area contributed by atoms with E-state index < -0.39 is 0 Å². The number of halogens is 2. The number of benzene rings is 2. The van der Waals surface area contributed by atoms with E-state index in [9.17, 15) is 4.79 Å². The topological polar surface area (TPSA) is 55.1 Å². The van der Waals surface area contributed by atoms with Crippen LogP contribution in [0.4, 0.5) is 0 Å². The molecule has 118 valence electrons. The van der Waals surface area contributed by atoms with E-state index in [0.717, 1.165) is 5.56 Å². The number of hydrogen-bond donors (Lipinski definition) is 1. The number of oxazole rings is 1. The van der Waals surface area contributed by atoms with E-state index in [4.69, 9.17) is 27.6 Å². The quantitative estimate of drug-likeness (QED) is 0.673. The molecule has 0 aliphatic heterocycles. The number of thioether (sulfide) groups is 1. The fraction of sp³-hybridized carbons (Fsp3) is 0.125. The fourth-order valence-corrected chi connectivity index (χ4v) is 3.01. The highest BCUT2D eigenvalue weighted by Gasteiger charge is 2.09. The fourth-order valence-electron chi connectivity index (χ4n) is 1.97. The lowest BCUT2D eigenvalue weighted by atomic mass is 10.2. The zero-order chi connectivity index (χ0) is 16.2. The molecule has 4 nitrogen and oxygen atoms in total. The molecule has 0 aliphatic rings. The van der Waals surface area contributed by atoms with Gasteiger partial charge in [-0.05, 0) is 35.9 Å². The number of fused-ring (bicyclic) bond motifs is 1. The van der Waals surface area contributed by atoms with Crippen LogP contribution in [0.1, 0.15) is 5.56 Å². The smallest absolute Gasteiger partial charge is 0.257 e. The summed E-state index contributed by atoms with van der Waals surface area (Å²) >= 11 is 13.0. The van der Waals surface area contributed by atoms with Gasteiger partial charge in [-0.15, -0.1) is 0 Å². The van der Waals surface area contributed by atoms with Gasteiger partial charge in [-0.3, -0.25) is 4.79 Å². The Labute approximate surface area is 147 Å². The van der Waals surface area contributed by atoms with Crippen LogP contribution in [0.15, 0.2) is 52.1 Å². The number of aromatic nitrogens is 1. The third-order valence-corrected chi connectivity index (χ3v) is 4.33. The molecule has 1 N–H and O–H groups in total. The van der Waals surface area contributed by atoms with Crippen LogP contribution < -0.4 is 5.32 Å². The van der Waals surface area contributed by atoms with Crippen molar-refractivity contribution in [2.75, 3.05) is 5.75 Å². The normalized spacial score (nSPS) is 10.9. The lowest BCUT2D eigenvalue weighted by Gasteiger charge is -2.04. The zero-order valence-electron chi connectivity index (χ0n) is 11.9. The van der Waals surface area contributed by atoms with Crippen LogP contribution in [-0.2, 0) is 11.3 Å². The zero-order valence-corrected chi connectivity index (χ0v) is 14.2. The summed E-state index contributed by atoms with van der Waals surface area (Å²) in [4.78, 5) is 16.2. The Morgan fingerprint density at radius 3 is 2.83 bits per heavy atom. The summed E-state index contributed by atoms with van der Waals surface area (Å²) in [5.74, 6) is 0.122. The minimum Gasteiger partial charge on any atom is -0.431 e. The second-order valence-electron chi connectivity index (χ2n) is 4.79. The van der Waals surface area contributed by atoms with E-state index in [-0.39, 0.29) is 11.7 Å². The van der Waals surface area contributed by atoms with Crippen molar-refractivity contribution in [1.82, 2.24) is 10.3 Å². The van der Waals surface area contributed by atoms with Crippen LogP contribution in [0.3, 0.4) is 0 Å². The van der Waals surface area contributed by atoms with Crippen LogP contribution in [0.2, 0.25) is 10.0 Å². The predicted molar refractivity (Wildman–Crippen MR) is 93.0 cm³/mol. The third-order valence-electron chi connectivity index (χ3n) is 3.04. The Kier molecular flexibility index (Phi) is 5.10. The third kappa shape index (κ3) is 4.41. The highest BCUT2D eigenvalue weighted by atomic mass is 35.5. The van der Waals surface area contributed by atoms with Gasteiger partial charge in [0.2, 0.25) is 5.91 Å². The average molecular weight is 367 g/mol. The first kappa shape index (κ1) is 16.2. The molecule has 0 unspecified atom stereocenters. The number of rotatable bonds is 5. The molecule has 23 heavy (non-hydrogen) atoms. The molecule has 0 saturated carbocycles. The first-order valence-electron chi connectivity index (χ1n) is 6.80. The van der Waals surface area contributed by atoms with E-state index in [0.29, 0.717) is 32.9 Å². The summed E-state index contributed by atoms with van der Waals surface area (Å²) in [6, 6.07) is 12.6. The largest absolute Gasteiger partial charge is 0.431 e. The van der Waals surface area contributed by atoms with E-state index in [1.165, 1.54) is 11.8 Å². The molecule has 0 bridgehead atoms. The lowest BCUT2D eigenvalue weighted by Crippen LogP contribution is -2.24. The van der Waals surface area contributed by atoms with E-state index in [2.05, 4.69) is 10.3 Å². The van der Waals surface area contributed by atoms with Crippen LogP contribution in [0.25, 0.3) is 11.1 Å². The molecule has 1 aromatic heterocycles. The Morgan fingerprint density at radius 2 is 2.00 bits per heavy atom. The van der Waals surface area contributed by atoms with Gasteiger partial charge in [0.15, 0.2) is 5.58 Å². The van der Waals surface area contributed by atoms with Gasteiger partial charge in [0.25, 0.3) is 5.22 Å². The predicted octanol–water partition coefficient (Wildman–Crippen LogP) is 4.54. The summed E-state index contributed by atoms with van der Waals surface area (Å²) in [5, 5.41) is 4.52. The van der Waals surface area contributed by atoms with Gasteiger partial charge in [-0.2, -0.15) is 0 Å². The van der Waals surface area contributed by atoms with Gasteiger partial charge in [0.05, 0.1) is 5.75 Å². The highest BCUT2D eigenvalue weighted by molar-refractivity contribution is 7.99. The molecule has 0 atom stereocenters. The summed E-state index contributed by atoms with van der Waals surface area (Å²) in [6.07, 6.45) is 0. The molecule has 0 saturated heterocycles. The molecule has 0 spiro atoms. The maximum absolute atomic E-state index is 11.9. The van der Waals surface area contributed by atoms with Crippen LogP contribution in [0.5, 0.6) is 0 Å². The molecular formula is C16H12Cl2N2O2S. The second kappa shape index (κ2) is 7.25. The van der Waals surface area contributed by atoms with Crippen molar-refractivity contribution in [3.05, 3.63) is 58.1 Å². The Hall–Kier alpha value is -1.69. The van der Waals surface area contributed by atoms with E-state index in [1.807, 2.05) is 18.2 Å². The molecule has 3 aromatic rings. The second-order valence-corrected chi connectivity index (χ2v) is 6.59. The molecule has 0 fully saturated rings. The maximum atomic E-state index is 11.9. The monoisotopic (exact) mass is 366 g/mol. The summed E-state index contributed by atoms with van der Waals surface area (Å²) < 4.78 is 5.55. The molecule has 1 heterocycles. The van der Waals surface area contributed by atoms with Crippen molar-refractivity contribution in [3.63, 3.8) is 0 Å². The number of carbonyl (C=O) groups excluding carboxylic acids is 1. The molecule has 3 rings (SSSR count). The Balaban J connectivity index is 1.53. The summed E-state index contributed by atoms with van der Waals surface area (Å²) in [6.45, 7) is 0.434. The number of amides is 1. The van der Waals surface area contributed by atoms with Crippen LogP contribution in [0, 0.1) is 0 Å². The van der Waals surface area contributed by atoms with Gasteiger partial charge in [0, 0.05) is 16.6 Å². The molecule has 1 amide bonds. The maximum Gasteiger partial charge on any atom is 0.257 e. The van der Waals surface area contributed by atoms with Gasteiger partial charge in [-0.1, -0.05) is 47.1 Å². The van der Waals surface area contributed by atoms with Crippen LogP contribution >= 0.6 is 35.0 Å². The van der Waals surface area contributed by atoms with Crippen molar-refractivity contribution in [2.24, 2.45) is 0 Å². The van der Waals surface area contributed by atoms with E-state index in [1.54, 1.807) is 24.3 Å². The lowest BCUT2D eigenvalue weighted by molar-refractivity contribution is -0.118. The molecule has 7 heteroatoms. The van der Waals surface area contributed by atoms with Gasteiger partial charge in [0.1, 0.15) is 5.52 Å². The summed E-state index contributed by atoms with van der Waals surface area (Å²) in [5.41, 5.74) is 2.28. The Morgan fingerprint density at radius 1 is 1.17 bits per heavy atom. The van der Waals surface area contributed by atoms with Crippen molar-refractivity contribution in [2.45, 2.75) is 11.8 Å². The minimum absolute atomic E-state index is 0.102. The van der Waals surface area contributed by atoms with Gasteiger partial charge in [-0.25, -0.2) is 4.98 Å². The molecular weight excluding hydrogens is 355 g/mol. The van der Waals surface area contributed by atoms with Gasteiger partial charge >= 0.3 is 0 Å². The average Bonchev–Trinajstić information content (AvgIpc) is 2.93. The molecule has 0 radical (unpaired) electrons. The highest BCUT2D eigenvalue weighted by Crippen LogP contribution is 2.25. The number of nitrogens with one attached hydrogen (secondary N) is 1. The van der Waals surface area contributed by atoms with Crippen molar-refractivity contribution in [3.8, 4) is 0 Å². The van der Waals surface area contributed by atoms with Crippen molar-refractivity contribution >= 4 is 52.0 Å². The minimum atomic E-state index is -0.102. The van der Waals surface area contributed by atoms with Crippen LogP contribution in [-0.4, -0.2) is 16.6 Å². The Bertz CT molecular complexity index is 851. The molecule has 2 aromatic carbocycles. The van der Waals surface area contributed by atoms with Crippen molar-refractivity contribution in [1.29, 1.82) is 0 Å². The standard InChI is InChI=1S/C16H12Cl2N2O2S/c17-11-3-1-2-10(6-11)8-19-15(21)9-23-16-20-13-7-12(18)4-5-14(13)22-16/h1-7H,8-9H2,(H,19,21). The molecule has 0 aliphatic carbocycles. The number of nitrogens with zero attached hydrogens (tertiary/aromatic N) is 1. The van der Waals surface area contributed by atoms with E-state index >= 15 is 0 Å².